The molecule has 1 aliphatic heterocycles. The third kappa shape index (κ3) is 3.81. The second kappa shape index (κ2) is 6.70. The first kappa shape index (κ1) is 15.4. The van der Waals surface area contributed by atoms with Crippen LogP contribution in [-0.4, -0.2) is 54.0 Å². The van der Waals surface area contributed by atoms with Crippen LogP contribution < -0.4 is 10.2 Å². The number of halogens is 1. The Morgan fingerprint density at radius 1 is 1.13 bits per heavy atom. The first-order valence-corrected chi connectivity index (χ1v) is 7.44. The fraction of sp³-hybridized carbons (Fsp3) is 0.312. The summed E-state index contributed by atoms with van der Waals surface area (Å²) in [5.41, 5.74) is 0.381. The summed E-state index contributed by atoms with van der Waals surface area (Å²) in [7, 11) is 2.09. The molecule has 6 nitrogen and oxygen atoms in total. The predicted molar refractivity (Wildman–Crippen MR) is 86.1 cm³/mol. The van der Waals surface area contributed by atoms with Gasteiger partial charge in [0, 0.05) is 37.8 Å². The van der Waals surface area contributed by atoms with Gasteiger partial charge in [0.15, 0.2) is 0 Å². The Balaban J connectivity index is 1.70. The molecule has 1 aromatic carbocycles. The van der Waals surface area contributed by atoms with Crippen LogP contribution in [-0.2, 0) is 0 Å². The lowest BCUT2D eigenvalue weighted by molar-refractivity contribution is 0.102. The number of carbonyl (C=O) groups excluding carboxylic acids is 1. The number of anilines is 2. The van der Waals surface area contributed by atoms with Gasteiger partial charge >= 0.3 is 0 Å². The lowest BCUT2D eigenvalue weighted by atomic mass is 10.2. The van der Waals surface area contributed by atoms with Gasteiger partial charge in [0.2, 0.25) is 0 Å². The van der Waals surface area contributed by atoms with E-state index in [1.165, 1.54) is 30.6 Å². The van der Waals surface area contributed by atoms with E-state index in [0.29, 0.717) is 11.4 Å². The van der Waals surface area contributed by atoms with E-state index in [-0.39, 0.29) is 11.7 Å². The number of piperazine rings is 1. The molecule has 2 heterocycles. The molecule has 0 atom stereocenters. The number of benzene rings is 1. The zero-order chi connectivity index (χ0) is 16.2. The highest BCUT2D eigenvalue weighted by Gasteiger charge is 2.16. The van der Waals surface area contributed by atoms with Crippen molar-refractivity contribution in [1.29, 1.82) is 0 Å². The van der Waals surface area contributed by atoms with Crippen molar-refractivity contribution in [1.82, 2.24) is 14.9 Å². The Bertz CT molecular complexity index is 683. The van der Waals surface area contributed by atoms with E-state index in [2.05, 4.69) is 32.1 Å². The second-order valence-electron chi connectivity index (χ2n) is 5.51. The molecule has 23 heavy (non-hydrogen) atoms. The maximum Gasteiger partial charge on any atom is 0.256 e. The van der Waals surface area contributed by atoms with Crippen LogP contribution >= 0.6 is 0 Å². The number of nitrogens with zero attached hydrogens (tertiary/aromatic N) is 4. The summed E-state index contributed by atoms with van der Waals surface area (Å²) >= 11 is 0. The SMILES string of the molecule is CN1CCN(c2cc(NC(=O)c3ccc(F)cc3)ncn2)CC1. The van der Waals surface area contributed by atoms with Crippen LogP contribution in [0.1, 0.15) is 10.4 Å². The van der Waals surface area contributed by atoms with Gasteiger partial charge in [-0.15, -0.1) is 0 Å². The molecule has 2 aromatic rings. The third-order valence-electron chi connectivity index (χ3n) is 3.83. The van der Waals surface area contributed by atoms with Gasteiger partial charge in [-0.2, -0.15) is 0 Å². The summed E-state index contributed by atoms with van der Waals surface area (Å²) in [6, 6.07) is 7.14. The fourth-order valence-corrected chi connectivity index (χ4v) is 2.41. The Labute approximate surface area is 134 Å². The lowest BCUT2D eigenvalue weighted by Gasteiger charge is -2.33. The molecular weight excluding hydrogens is 297 g/mol. The minimum absolute atomic E-state index is 0.326. The highest BCUT2D eigenvalue weighted by molar-refractivity contribution is 6.03. The molecule has 0 bridgehead atoms. The van der Waals surface area contributed by atoms with Gasteiger partial charge in [0.05, 0.1) is 0 Å². The van der Waals surface area contributed by atoms with E-state index < -0.39 is 0 Å². The number of nitrogens with one attached hydrogen (secondary N) is 1. The summed E-state index contributed by atoms with van der Waals surface area (Å²) in [6.45, 7) is 3.72. The molecular formula is C16H18FN5O. The molecule has 1 saturated heterocycles. The normalized spacial score (nSPS) is 15.5. The molecule has 1 fully saturated rings. The van der Waals surface area contributed by atoms with Crippen LogP contribution in [0.5, 0.6) is 0 Å². The van der Waals surface area contributed by atoms with Crippen LogP contribution in [0.15, 0.2) is 36.7 Å². The quantitative estimate of drug-likeness (QED) is 0.932. The van der Waals surface area contributed by atoms with E-state index in [1.54, 1.807) is 6.07 Å². The molecule has 1 aromatic heterocycles. The predicted octanol–water partition coefficient (Wildman–Crippen LogP) is 1.62. The molecule has 7 heteroatoms. The number of carbonyl (C=O) groups is 1. The summed E-state index contributed by atoms with van der Waals surface area (Å²) in [5, 5.41) is 2.72. The first-order chi connectivity index (χ1) is 11.1. The molecule has 0 spiro atoms. The summed E-state index contributed by atoms with van der Waals surface area (Å²) < 4.78 is 12.9. The molecule has 1 N–H and O–H groups in total. The number of rotatable bonds is 3. The number of likely N-dealkylation sites (N-methyl/N-ethyl adjacent to an activating group) is 1. The Morgan fingerprint density at radius 2 is 1.83 bits per heavy atom. The largest absolute Gasteiger partial charge is 0.354 e. The molecule has 0 aliphatic carbocycles. The van der Waals surface area contributed by atoms with E-state index in [1.807, 2.05) is 0 Å². The van der Waals surface area contributed by atoms with E-state index in [9.17, 15) is 9.18 Å². The Morgan fingerprint density at radius 3 is 2.52 bits per heavy atom. The highest BCUT2D eigenvalue weighted by atomic mass is 19.1. The second-order valence-corrected chi connectivity index (χ2v) is 5.51. The summed E-state index contributed by atoms with van der Waals surface area (Å²) in [5.74, 6) is 0.528. The summed E-state index contributed by atoms with van der Waals surface area (Å²) in [4.78, 5) is 24.9. The van der Waals surface area contributed by atoms with Crippen LogP contribution in [0.25, 0.3) is 0 Å². The molecule has 120 valence electrons. The van der Waals surface area contributed by atoms with E-state index >= 15 is 0 Å². The smallest absolute Gasteiger partial charge is 0.256 e. The van der Waals surface area contributed by atoms with E-state index in [0.717, 1.165) is 32.0 Å². The number of aromatic nitrogens is 2. The monoisotopic (exact) mass is 315 g/mol. The molecule has 0 unspecified atom stereocenters. The molecule has 1 aliphatic rings. The fourth-order valence-electron chi connectivity index (χ4n) is 2.41. The van der Waals surface area contributed by atoms with Crippen molar-refractivity contribution in [3.05, 3.63) is 48.0 Å². The van der Waals surface area contributed by atoms with Crippen molar-refractivity contribution in [2.24, 2.45) is 0 Å². The summed E-state index contributed by atoms with van der Waals surface area (Å²) in [6.07, 6.45) is 1.44. The van der Waals surface area contributed by atoms with Gasteiger partial charge < -0.3 is 15.1 Å². The number of hydrogen-bond acceptors (Lipinski definition) is 5. The maximum absolute atomic E-state index is 12.9. The molecule has 1 amide bonds. The van der Waals surface area contributed by atoms with Gasteiger partial charge in [0.1, 0.15) is 23.8 Å². The van der Waals surface area contributed by atoms with Crippen molar-refractivity contribution in [3.63, 3.8) is 0 Å². The van der Waals surface area contributed by atoms with Crippen LogP contribution in [0.3, 0.4) is 0 Å². The van der Waals surface area contributed by atoms with Crippen molar-refractivity contribution >= 4 is 17.5 Å². The third-order valence-corrected chi connectivity index (χ3v) is 3.83. The zero-order valence-corrected chi connectivity index (χ0v) is 12.9. The van der Waals surface area contributed by atoms with Gasteiger partial charge in [-0.25, -0.2) is 14.4 Å². The van der Waals surface area contributed by atoms with E-state index in [4.69, 9.17) is 0 Å². The first-order valence-electron chi connectivity index (χ1n) is 7.44. The van der Waals surface area contributed by atoms with Crippen LogP contribution in [0.2, 0.25) is 0 Å². The zero-order valence-electron chi connectivity index (χ0n) is 12.9. The Kier molecular flexibility index (Phi) is 4.47. The molecule has 0 radical (unpaired) electrons. The van der Waals surface area contributed by atoms with Crippen LogP contribution in [0, 0.1) is 5.82 Å². The lowest BCUT2D eigenvalue weighted by Crippen LogP contribution is -2.44. The van der Waals surface area contributed by atoms with Gasteiger partial charge in [0.25, 0.3) is 5.91 Å². The van der Waals surface area contributed by atoms with Gasteiger partial charge in [-0.05, 0) is 31.3 Å². The van der Waals surface area contributed by atoms with Gasteiger partial charge in [-0.1, -0.05) is 0 Å². The average molecular weight is 315 g/mol. The molecule has 0 saturated carbocycles. The minimum Gasteiger partial charge on any atom is -0.354 e. The standard InChI is InChI=1S/C16H18FN5O/c1-21-6-8-22(9-7-21)15-10-14(18-11-19-15)20-16(23)12-2-4-13(17)5-3-12/h2-5,10-11H,6-9H2,1H3,(H,18,19,20,23). The molecule has 3 rings (SSSR count). The van der Waals surface area contributed by atoms with Crippen molar-refractivity contribution < 1.29 is 9.18 Å². The topological polar surface area (TPSA) is 61.4 Å². The number of amides is 1. The van der Waals surface area contributed by atoms with Crippen molar-refractivity contribution in [2.45, 2.75) is 0 Å². The highest BCUT2D eigenvalue weighted by Crippen LogP contribution is 2.16. The number of hydrogen-bond donors (Lipinski definition) is 1. The van der Waals surface area contributed by atoms with Crippen molar-refractivity contribution in [2.75, 3.05) is 43.4 Å². The maximum atomic E-state index is 12.9. The minimum atomic E-state index is -0.374. The van der Waals surface area contributed by atoms with Crippen molar-refractivity contribution in [3.8, 4) is 0 Å². The average Bonchev–Trinajstić information content (AvgIpc) is 2.56. The Hall–Kier alpha value is -2.54. The van der Waals surface area contributed by atoms with Crippen LogP contribution in [0.4, 0.5) is 16.0 Å². The van der Waals surface area contributed by atoms with Gasteiger partial charge in [-0.3, -0.25) is 4.79 Å².